The molecule has 1 aromatic rings. The van der Waals surface area contributed by atoms with E-state index in [0.29, 0.717) is 13.0 Å². The Morgan fingerprint density at radius 3 is 2.22 bits per heavy atom. The van der Waals surface area contributed by atoms with Crippen molar-refractivity contribution in [3.8, 4) is 0 Å². The number of hydrogen-bond acceptors (Lipinski definition) is 3. The largest absolute Gasteiger partial charge is 0.495 e. The molecule has 3 rings (SSSR count). The first-order chi connectivity index (χ1) is 12.3. The third-order valence-corrected chi connectivity index (χ3v) is 6.46. The number of benzene rings is 1. The minimum absolute atomic E-state index is 0.162. The Labute approximate surface area is 163 Å². The summed E-state index contributed by atoms with van der Waals surface area (Å²) in [6.07, 6.45) is -0.138. The van der Waals surface area contributed by atoms with E-state index >= 15 is 0 Å². The van der Waals surface area contributed by atoms with Crippen molar-refractivity contribution in [3.63, 3.8) is 0 Å². The van der Waals surface area contributed by atoms with Gasteiger partial charge in [0.15, 0.2) is 0 Å². The average Bonchev–Trinajstić information content (AvgIpc) is 2.73. The van der Waals surface area contributed by atoms with Crippen molar-refractivity contribution in [2.45, 2.75) is 79.1 Å². The third-order valence-electron chi connectivity index (χ3n) is 6.46. The second-order valence-electron chi connectivity index (χ2n) is 9.93. The number of carbonyl (C=O) groups is 1. The van der Waals surface area contributed by atoms with Crippen LogP contribution in [-0.2, 0) is 15.7 Å². The molecule has 2 aliphatic heterocycles. The lowest BCUT2D eigenvalue weighted by atomic mass is 9.70. The van der Waals surface area contributed by atoms with Crippen LogP contribution in [0.5, 0.6) is 0 Å². The molecular weight excluding hydrogens is 341 g/mol. The normalized spacial score (nSPS) is 24.1. The van der Waals surface area contributed by atoms with Crippen LogP contribution in [0.4, 0.5) is 4.79 Å². The van der Waals surface area contributed by atoms with Crippen molar-refractivity contribution < 1.29 is 19.2 Å². The summed E-state index contributed by atoms with van der Waals surface area (Å²) in [6.45, 7) is 17.1. The van der Waals surface area contributed by atoms with E-state index in [-0.39, 0.29) is 22.7 Å². The molecule has 0 spiro atoms. The Balaban J connectivity index is 2.05. The predicted octanol–water partition coefficient (Wildman–Crippen LogP) is 3.92. The quantitative estimate of drug-likeness (QED) is 0.758. The van der Waals surface area contributed by atoms with Gasteiger partial charge in [0.25, 0.3) is 0 Å². The number of amides is 1. The highest BCUT2D eigenvalue weighted by molar-refractivity contribution is 6.62. The Bertz CT molecular complexity index is 750. The van der Waals surface area contributed by atoms with E-state index in [2.05, 4.69) is 67.5 Å². The summed E-state index contributed by atoms with van der Waals surface area (Å²) >= 11 is 0. The molecule has 0 aromatic heterocycles. The lowest BCUT2D eigenvalue weighted by Crippen LogP contribution is -2.46. The zero-order valence-electron chi connectivity index (χ0n) is 17.8. The first-order valence-corrected chi connectivity index (χ1v) is 9.74. The number of fused-ring (bicyclic) bond motifs is 1. The molecule has 6 heteroatoms. The second-order valence-corrected chi connectivity index (χ2v) is 9.93. The molecule has 1 N–H and O–H groups in total. The number of rotatable bonds is 1. The molecule has 0 saturated carbocycles. The van der Waals surface area contributed by atoms with E-state index in [1.54, 1.807) is 4.90 Å². The lowest BCUT2D eigenvalue weighted by molar-refractivity contribution is 0.00578. The van der Waals surface area contributed by atoms with Crippen molar-refractivity contribution in [1.29, 1.82) is 0 Å². The van der Waals surface area contributed by atoms with Gasteiger partial charge < -0.3 is 19.3 Å². The predicted molar refractivity (Wildman–Crippen MR) is 108 cm³/mol. The van der Waals surface area contributed by atoms with Crippen LogP contribution >= 0.6 is 0 Å². The highest BCUT2D eigenvalue weighted by Crippen LogP contribution is 2.43. The highest BCUT2D eigenvalue weighted by atomic mass is 16.7. The molecule has 0 aliphatic carbocycles. The minimum atomic E-state index is -0.853. The maximum atomic E-state index is 11.8. The number of nitrogens with zero attached hydrogens (tertiary/aromatic N) is 1. The van der Waals surface area contributed by atoms with Gasteiger partial charge in [0.05, 0.1) is 17.2 Å². The summed E-state index contributed by atoms with van der Waals surface area (Å²) in [5, 5.41) is 9.70. The van der Waals surface area contributed by atoms with Crippen molar-refractivity contribution in [2.24, 2.45) is 5.41 Å². The Morgan fingerprint density at radius 2 is 1.74 bits per heavy atom. The van der Waals surface area contributed by atoms with Gasteiger partial charge in [-0.3, -0.25) is 0 Å². The van der Waals surface area contributed by atoms with E-state index in [1.807, 2.05) is 0 Å². The van der Waals surface area contributed by atoms with Gasteiger partial charge in [-0.25, -0.2) is 4.79 Å². The standard InChI is InChI=1S/C21H32BNO4/c1-13-14-11-12-23(18(24)25)17(19(2,3)4)15(14)9-10-16(13)22-26-20(5,6)21(7,8)27-22/h9-10,17H,11-12H2,1-8H3,(H,24,25). The summed E-state index contributed by atoms with van der Waals surface area (Å²) < 4.78 is 12.5. The molecular formula is C21H32BNO4. The van der Waals surface area contributed by atoms with E-state index in [4.69, 9.17) is 9.31 Å². The van der Waals surface area contributed by atoms with Gasteiger partial charge >= 0.3 is 13.2 Å². The van der Waals surface area contributed by atoms with Gasteiger partial charge in [-0.15, -0.1) is 0 Å². The van der Waals surface area contributed by atoms with Crippen LogP contribution in [0.1, 0.15) is 71.2 Å². The third kappa shape index (κ3) is 3.27. The van der Waals surface area contributed by atoms with Gasteiger partial charge in [-0.1, -0.05) is 32.9 Å². The molecule has 1 aromatic carbocycles. The van der Waals surface area contributed by atoms with Crippen molar-refractivity contribution in [2.75, 3.05) is 6.54 Å². The van der Waals surface area contributed by atoms with Gasteiger partial charge in [-0.2, -0.15) is 0 Å². The fraction of sp³-hybridized carbons (Fsp3) is 0.667. The van der Waals surface area contributed by atoms with E-state index in [9.17, 15) is 9.90 Å². The van der Waals surface area contributed by atoms with Crippen LogP contribution in [0.15, 0.2) is 12.1 Å². The highest BCUT2D eigenvalue weighted by Gasteiger charge is 2.52. The van der Waals surface area contributed by atoms with Crippen LogP contribution in [0.3, 0.4) is 0 Å². The van der Waals surface area contributed by atoms with Crippen molar-refractivity contribution >= 4 is 18.7 Å². The van der Waals surface area contributed by atoms with E-state index in [0.717, 1.165) is 16.6 Å². The van der Waals surface area contributed by atoms with Gasteiger partial charge in [0.1, 0.15) is 0 Å². The van der Waals surface area contributed by atoms with E-state index in [1.165, 1.54) is 5.56 Å². The molecule has 5 nitrogen and oxygen atoms in total. The molecule has 0 bridgehead atoms. The lowest BCUT2D eigenvalue weighted by Gasteiger charge is -2.43. The monoisotopic (exact) mass is 373 g/mol. The van der Waals surface area contributed by atoms with Crippen molar-refractivity contribution in [3.05, 3.63) is 28.8 Å². The average molecular weight is 373 g/mol. The molecule has 2 aliphatic rings. The molecule has 148 valence electrons. The zero-order chi connectivity index (χ0) is 20.4. The van der Waals surface area contributed by atoms with Crippen LogP contribution < -0.4 is 5.46 Å². The number of carboxylic acid groups (broad SMARTS) is 1. The minimum Gasteiger partial charge on any atom is -0.465 e. The molecule has 27 heavy (non-hydrogen) atoms. The van der Waals surface area contributed by atoms with Crippen LogP contribution in [-0.4, -0.2) is 41.0 Å². The summed E-state index contributed by atoms with van der Waals surface area (Å²) in [7, 11) is -0.397. The Morgan fingerprint density at radius 1 is 1.19 bits per heavy atom. The zero-order valence-corrected chi connectivity index (χ0v) is 17.8. The fourth-order valence-electron chi connectivity index (χ4n) is 4.28. The maximum Gasteiger partial charge on any atom is 0.495 e. The molecule has 1 fully saturated rings. The smallest absolute Gasteiger partial charge is 0.465 e. The molecule has 1 amide bonds. The first kappa shape index (κ1) is 20.2. The van der Waals surface area contributed by atoms with Crippen molar-refractivity contribution in [1.82, 2.24) is 4.90 Å². The summed E-state index contributed by atoms with van der Waals surface area (Å²) in [6, 6.07) is 3.97. The van der Waals surface area contributed by atoms with Crippen LogP contribution in [0, 0.1) is 12.3 Å². The summed E-state index contributed by atoms with van der Waals surface area (Å²) in [4.78, 5) is 13.4. The van der Waals surface area contributed by atoms with Gasteiger partial charge in [0.2, 0.25) is 0 Å². The molecule has 1 atom stereocenters. The molecule has 1 saturated heterocycles. The first-order valence-electron chi connectivity index (χ1n) is 9.74. The van der Waals surface area contributed by atoms with Gasteiger partial charge in [-0.05, 0) is 68.6 Å². The molecule has 0 radical (unpaired) electrons. The second kappa shape index (κ2) is 6.24. The topological polar surface area (TPSA) is 59.0 Å². The molecule has 1 unspecified atom stereocenters. The number of hydrogen-bond donors (Lipinski definition) is 1. The summed E-state index contributed by atoms with van der Waals surface area (Å²) in [5.74, 6) is 0. The van der Waals surface area contributed by atoms with Crippen LogP contribution in [0.25, 0.3) is 0 Å². The van der Waals surface area contributed by atoms with E-state index < -0.39 is 13.2 Å². The maximum absolute atomic E-state index is 11.8. The van der Waals surface area contributed by atoms with Gasteiger partial charge in [0, 0.05) is 6.54 Å². The summed E-state index contributed by atoms with van der Waals surface area (Å²) in [5.41, 5.74) is 3.59. The van der Waals surface area contributed by atoms with Crippen LogP contribution in [0.2, 0.25) is 0 Å². The Kier molecular flexibility index (Phi) is 4.68. The fourth-order valence-corrected chi connectivity index (χ4v) is 4.28. The Hall–Kier alpha value is -1.53. The SMILES string of the molecule is Cc1c(B2OC(C)(C)C(C)(C)O2)ccc2c1CCN(C(=O)O)C2C(C)(C)C. The molecule has 2 heterocycles.